The molecule has 0 spiro atoms. The topological polar surface area (TPSA) is 43.6 Å². The molecule has 0 amide bonds. The van der Waals surface area contributed by atoms with Crippen molar-refractivity contribution >= 4 is 38.5 Å². The van der Waals surface area contributed by atoms with E-state index < -0.39 is 0 Å². The fourth-order valence-electron chi connectivity index (χ4n) is 1.61. The Kier molecular flexibility index (Phi) is 2.89. The number of hydrogen-bond acceptors (Lipinski definition) is 4. The highest BCUT2D eigenvalue weighted by molar-refractivity contribution is 9.10. The molecule has 6 heteroatoms. The van der Waals surface area contributed by atoms with E-state index in [1.54, 1.807) is 10.6 Å². The van der Waals surface area contributed by atoms with Gasteiger partial charge in [-0.3, -0.25) is 9.20 Å². The van der Waals surface area contributed by atoms with Gasteiger partial charge in [0.15, 0.2) is 16.9 Å². The van der Waals surface area contributed by atoms with Gasteiger partial charge in [-0.25, -0.2) is 0 Å². The molecule has 3 rings (SSSR count). The minimum atomic E-state index is 0.329. The molecule has 0 bridgehead atoms. The number of benzene rings is 1. The molecule has 0 radical (unpaired) electrons. The number of nitrogens with zero attached hydrogens (tertiary/aromatic N) is 2. The Morgan fingerprint density at radius 3 is 3.11 bits per heavy atom. The third kappa shape index (κ3) is 1.93. The van der Waals surface area contributed by atoms with Crippen molar-refractivity contribution in [1.82, 2.24) is 9.38 Å². The number of imidazole rings is 1. The molecule has 0 unspecified atom stereocenters. The molecule has 0 aliphatic heterocycles. The molecule has 0 aliphatic carbocycles. The molecule has 0 saturated heterocycles. The lowest BCUT2D eigenvalue weighted by atomic mass is 10.3. The summed E-state index contributed by atoms with van der Waals surface area (Å²) < 4.78 is 8.26. The number of carbonyl (C=O) groups is 1. The van der Waals surface area contributed by atoms with Gasteiger partial charge >= 0.3 is 0 Å². The van der Waals surface area contributed by atoms with Crippen LogP contribution in [0.1, 0.15) is 10.5 Å². The maximum atomic E-state index is 11.1. The number of aromatic nitrogens is 2. The lowest BCUT2D eigenvalue weighted by Crippen LogP contribution is -1.91. The molecule has 0 atom stereocenters. The zero-order valence-corrected chi connectivity index (χ0v) is 11.4. The number of ether oxygens (including phenoxy) is 1. The molecule has 0 saturated carbocycles. The van der Waals surface area contributed by atoms with Crippen molar-refractivity contribution < 1.29 is 9.53 Å². The van der Waals surface area contributed by atoms with Gasteiger partial charge in [0, 0.05) is 16.0 Å². The molecule has 4 nitrogen and oxygen atoms in total. The first-order valence-corrected chi connectivity index (χ1v) is 6.79. The lowest BCUT2D eigenvalue weighted by molar-refractivity contribution is 0.111. The highest BCUT2D eigenvalue weighted by Crippen LogP contribution is 2.28. The number of hydrogen-bond donors (Lipinski definition) is 0. The van der Waals surface area contributed by atoms with Crippen molar-refractivity contribution in [2.24, 2.45) is 0 Å². The van der Waals surface area contributed by atoms with E-state index >= 15 is 0 Å². The van der Waals surface area contributed by atoms with Crippen LogP contribution in [0.5, 0.6) is 11.6 Å². The van der Waals surface area contributed by atoms with Crippen molar-refractivity contribution in [3.8, 4) is 11.6 Å². The molecule has 3 aromatic rings. The summed E-state index contributed by atoms with van der Waals surface area (Å²) in [6.07, 6.45) is 2.55. The number of rotatable bonds is 3. The minimum absolute atomic E-state index is 0.329. The van der Waals surface area contributed by atoms with E-state index in [0.717, 1.165) is 15.7 Å². The zero-order chi connectivity index (χ0) is 12.5. The number of aldehydes is 1. The summed E-state index contributed by atoms with van der Waals surface area (Å²) in [5.74, 6) is 0.966. The highest BCUT2D eigenvalue weighted by Gasteiger charge is 2.14. The fourth-order valence-corrected chi connectivity index (χ4v) is 2.70. The molecule has 2 aromatic heterocycles. The molecule has 2 heterocycles. The van der Waals surface area contributed by atoms with Crippen LogP contribution in [0.2, 0.25) is 0 Å². The van der Waals surface area contributed by atoms with Crippen LogP contribution in [0.15, 0.2) is 40.3 Å². The molecule has 90 valence electrons. The standard InChI is InChI=1S/C12H7BrN2O2S/c13-8-2-1-3-9(6-8)17-11-10(7-16)15-4-5-18-12(15)14-11/h1-7H. The first-order chi connectivity index (χ1) is 8.78. The average molecular weight is 323 g/mol. The first-order valence-electron chi connectivity index (χ1n) is 5.12. The van der Waals surface area contributed by atoms with Crippen molar-refractivity contribution in [2.45, 2.75) is 0 Å². The van der Waals surface area contributed by atoms with Gasteiger partial charge in [-0.15, -0.1) is 11.3 Å². The summed E-state index contributed by atoms with van der Waals surface area (Å²) in [6, 6.07) is 7.40. The maximum Gasteiger partial charge on any atom is 0.250 e. The van der Waals surface area contributed by atoms with Crippen LogP contribution in [0.4, 0.5) is 0 Å². The van der Waals surface area contributed by atoms with Crippen molar-refractivity contribution in [1.29, 1.82) is 0 Å². The van der Waals surface area contributed by atoms with Gasteiger partial charge in [-0.2, -0.15) is 4.98 Å². The SMILES string of the molecule is O=Cc1c(Oc2cccc(Br)c2)nc2sccn12. The van der Waals surface area contributed by atoms with Gasteiger partial charge in [-0.1, -0.05) is 22.0 Å². The van der Waals surface area contributed by atoms with Crippen LogP contribution in [-0.2, 0) is 0 Å². The largest absolute Gasteiger partial charge is 0.437 e. The second-order valence-electron chi connectivity index (χ2n) is 3.54. The van der Waals surface area contributed by atoms with Crippen LogP contribution in [0.3, 0.4) is 0 Å². The normalized spacial score (nSPS) is 10.7. The Morgan fingerprint density at radius 1 is 1.44 bits per heavy atom. The third-order valence-electron chi connectivity index (χ3n) is 2.39. The number of carbonyl (C=O) groups excluding carboxylic acids is 1. The first kappa shape index (κ1) is 11.4. The molecular weight excluding hydrogens is 316 g/mol. The summed E-state index contributed by atoms with van der Waals surface area (Å²) in [6.45, 7) is 0. The van der Waals surface area contributed by atoms with E-state index in [0.29, 0.717) is 17.3 Å². The average Bonchev–Trinajstić information content (AvgIpc) is 2.89. The van der Waals surface area contributed by atoms with Crippen LogP contribution in [0, 0.1) is 0 Å². The number of thiazole rings is 1. The number of fused-ring (bicyclic) bond motifs is 1. The van der Waals surface area contributed by atoms with Gasteiger partial charge < -0.3 is 4.74 Å². The summed E-state index contributed by atoms with van der Waals surface area (Å²) >= 11 is 4.82. The highest BCUT2D eigenvalue weighted by atomic mass is 79.9. The van der Waals surface area contributed by atoms with Crippen LogP contribution < -0.4 is 4.74 Å². The van der Waals surface area contributed by atoms with Crippen molar-refractivity contribution in [2.75, 3.05) is 0 Å². The zero-order valence-electron chi connectivity index (χ0n) is 9.04. The Balaban J connectivity index is 2.04. The van der Waals surface area contributed by atoms with E-state index in [2.05, 4.69) is 20.9 Å². The molecule has 0 N–H and O–H groups in total. The smallest absolute Gasteiger partial charge is 0.250 e. The summed E-state index contributed by atoms with van der Waals surface area (Å²) in [7, 11) is 0. The van der Waals surface area contributed by atoms with E-state index in [4.69, 9.17) is 4.74 Å². The predicted octanol–water partition coefficient (Wildman–Crippen LogP) is 3.76. The summed E-state index contributed by atoms with van der Waals surface area (Å²) in [5, 5.41) is 1.87. The van der Waals surface area contributed by atoms with E-state index in [1.165, 1.54) is 11.3 Å². The Morgan fingerprint density at radius 2 is 2.33 bits per heavy atom. The Labute approximate surface area is 115 Å². The van der Waals surface area contributed by atoms with Gasteiger partial charge in [0.25, 0.3) is 0 Å². The lowest BCUT2D eigenvalue weighted by Gasteiger charge is -2.02. The third-order valence-corrected chi connectivity index (χ3v) is 3.64. The summed E-state index contributed by atoms with van der Waals surface area (Å²) in [4.78, 5) is 16.1. The van der Waals surface area contributed by atoms with E-state index in [-0.39, 0.29) is 0 Å². The number of halogens is 1. The van der Waals surface area contributed by atoms with Crippen LogP contribution >= 0.6 is 27.3 Å². The molecule has 18 heavy (non-hydrogen) atoms. The molecule has 0 fully saturated rings. The van der Waals surface area contributed by atoms with Crippen LogP contribution in [-0.4, -0.2) is 15.7 Å². The monoisotopic (exact) mass is 322 g/mol. The molecule has 0 aliphatic rings. The van der Waals surface area contributed by atoms with E-state index in [1.807, 2.05) is 29.6 Å². The van der Waals surface area contributed by atoms with Gasteiger partial charge in [0.2, 0.25) is 5.88 Å². The minimum Gasteiger partial charge on any atom is -0.437 e. The van der Waals surface area contributed by atoms with Crippen LogP contribution in [0.25, 0.3) is 4.96 Å². The maximum absolute atomic E-state index is 11.1. The van der Waals surface area contributed by atoms with Gasteiger partial charge in [-0.05, 0) is 18.2 Å². The van der Waals surface area contributed by atoms with Crippen molar-refractivity contribution in [3.05, 3.63) is 46.0 Å². The van der Waals surface area contributed by atoms with E-state index in [9.17, 15) is 4.79 Å². The second-order valence-corrected chi connectivity index (χ2v) is 5.32. The van der Waals surface area contributed by atoms with Crippen molar-refractivity contribution in [3.63, 3.8) is 0 Å². The predicted molar refractivity (Wildman–Crippen MR) is 72.7 cm³/mol. The fraction of sp³-hybridized carbons (Fsp3) is 0. The summed E-state index contributed by atoms with van der Waals surface area (Å²) in [5.41, 5.74) is 0.422. The Hall–Kier alpha value is -1.66. The molecule has 1 aromatic carbocycles. The second kappa shape index (κ2) is 4.55. The van der Waals surface area contributed by atoms with Gasteiger partial charge in [0.05, 0.1) is 0 Å². The Bertz CT molecular complexity index is 720. The molecular formula is C12H7BrN2O2S. The van der Waals surface area contributed by atoms with Gasteiger partial charge in [0.1, 0.15) is 5.75 Å². The quantitative estimate of drug-likeness (QED) is 0.689.